The second kappa shape index (κ2) is 9.31. The molecule has 146 valence electrons. The van der Waals surface area contributed by atoms with Gasteiger partial charge in [0.1, 0.15) is 10.0 Å². The zero-order valence-electron chi connectivity index (χ0n) is 14.8. The van der Waals surface area contributed by atoms with E-state index in [2.05, 4.69) is 46.4 Å². The van der Waals surface area contributed by atoms with Crippen molar-refractivity contribution in [3.8, 4) is 0 Å². The first-order chi connectivity index (χ1) is 11.6. The predicted octanol–water partition coefficient (Wildman–Crippen LogP) is 4.40. The number of hydrogen-bond donors (Lipinski definition) is 2. The molecule has 0 saturated heterocycles. The smallest absolute Gasteiger partial charge is 0.350 e. The summed E-state index contributed by atoms with van der Waals surface area (Å²) in [7, 11) is 1.60. The summed E-state index contributed by atoms with van der Waals surface area (Å²) in [5.41, 5.74) is 0.157. The van der Waals surface area contributed by atoms with E-state index in [9.17, 15) is 13.2 Å². The van der Waals surface area contributed by atoms with Gasteiger partial charge in [0.25, 0.3) is 0 Å². The monoisotopic (exact) mass is 519 g/mol. The molecule has 2 rings (SSSR count). The number of rotatable bonds is 4. The summed E-state index contributed by atoms with van der Waals surface area (Å²) in [6.45, 7) is 6.96. The molecule has 5 nitrogen and oxygen atoms in total. The highest BCUT2D eigenvalue weighted by Gasteiger charge is 2.33. The fraction of sp³-hybridized carbons (Fsp3) is 0.533. The summed E-state index contributed by atoms with van der Waals surface area (Å²) >= 11 is 2.52. The molecule has 0 aliphatic heterocycles. The van der Waals surface area contributed by atoms with Crippen LogP contribution in [0.3, 0.4) is 0 Å². The minimum absolute atomic E-state index is 0. The first-order valence-corrected chi connectivity index (χ1v) is 9.26. The highest BCUT2D eigenvalue weighted by atomic mass is 127. The standard InChI is InChI=1S/C15H20F3N5S2.HI/c1-14(2,3)9-7-24-11(22-9)5-20-13(19-4)21-6-12-23-10(8-25-12)15(16,17)18;/h7-8H,5-6H2,1-4H3,(H2,19,20,21);1H. The van der Waals surface area contributed by atoms with Gasteiger partial charge in [-0.05, 0) is 0 Å². The van der Waals surface area contributed by atoms with Gasteiger partial charge in [-0.1, -0.05) is 20.8 Å². The molecule has 0 bridgehead atoms. The maximum atomic E-state index is 12.5. The van der Waals surface area contributed by atoms with E-state index in [1.165, 1.54) is 0 Å². The Kier molecular flexibility index (Phi) is 8.27. The maximum Gasteiger partial charge on any atom is 0.434 e. The minimum Gasteiger partial charge on any atom is -0.350 e. The van der Waals surface area contributed by atoms with Crippen LogP contribution in [-0.2, 0) is 24.7 Å². The zero-order chi connectivity index (χ0) is 18.7. The summed E-state index contributed by atoms with van der Waals surface area (Å²) in [4.78, 5) is 12.2. The lowest BCUT2D eigenvalue weighted by Gasteiger charge is -2.14. The van der Waals surface area contributed by atoms with Gasteiger partial charge >= 0.3 is 6.18 Å². The van der Waals surface area contributed by atoms with E-state index in [1.807, 2.05) is 5.38 Å². The lowest BCUT2D eigenvalue weighted by molar-refractivity contribution is -0.140. The van der Waals surface area contributed by atoms with Crippen molar-refractivity contribution < 1.29 is 13.2 Å². The number of hydrogen-bond acceptors (Lipinski definition) is 5. The summed E-state index contributed by atoms with van der Waals surface area (Å²) in [5, 5.41) is 10.4. The van der Waals surface area contributed by atoms with E-state index in [4.69, 9.17) is 0 Å². The maximum absolute atomic E-state index is 12.5. The average Bonchev–Trinajstić information content (AvgIpc) is 3.15. The van der Waals surface area contributed by atoms with Crippen molar-refractivity contribution in [2.24, 2.45) is 4.99 Å². The van der Waals surface area contributed by atoms with E-state index >= 15 is 0 Å². The van der Waals surface area contributed by atoms with Gasteiger partial charge in [0.05, 0.1) is 18.8 Å². The van der Waals surface area contributed by atoms with Crippen molar-refractivity contribution in [2.45, 2.75) is 45.5 Å². The molecular formula is C15H21F3IN5S2. The third kappa shape index (κ3) is 6.65. The van der Waals surface area contributed by atoms with Gasteiger partial charge in [-0.15, -0.1) is 46.7 Å². The Labute approximate surface area is 175 Å². The molecule has 0 radical (unpaired) electrons. The van der Waals surface area contributed by atoms with Crippen molar-refractivity contribution in [2.75, 3.05) is 7.05 Å². The second-order valence-electron chi connectivity index (χ2n) is 6.28. The van der Waals surface area contributed by atoms with Crippen LogP contribution in [0.4, 0.5) is 13.2 Å². The van der Waals surface area contributed by atoms with Crippen molar-refractivity contribution in [3.63, 3.8) is 0 Å². The van der Waals surface area contributed by atoms with Crippen LogP contribution in [-0.4, -0.2) is 23.0 Å². The van der Waals surface area contributed by atoms with E-state index < -0.39 is 11.9 Å². The van der Waals surface area contributed by atoms with Gasteiger partial charge < -0.3 is 10.6 Å². The summed E-state index contributed by atoms with van der Waals surface area (Å²) in [6.07, 6.45) is -4.41. The van der Waals surface area contributed by atoms with Crippen LogP contribution in [0, 0.1) is 0 Å². The Morgan fingerprint density at radius 2 is 1.46 bits per heavy atom. The second-order valence-corrected chi connectivity index (χ2v) is 8.17. The van der Waals surface area contributed by atoms with Crippen molar-refractivity contribution in [3.05, 3.63) is 32.2 Å². The average molecular weight is 519 g/mol. The fourth-order valence-corrected chi connectivity index (χ4v) is 3.50. The number of aromatic nitrogens is 2. The Hall–Kier alpha value is -0.950. The van der Waals surface area contributed by atoms with Crippen molar-refractivity contribution >= 4 is 52.6 Å². The van der Waals surface area contributed by atoms with Crippen molar-refractivity contribution in [1.29, 1.82) is 0 Å². The van der Waals surface area contributed by atoms with Crippen LogP contribution in [0.1, 0.15) is 42.2 Å². The highest BCUT2D eigenvalue weighted by Crippen LogP contribution is 2.29. The Balaban J connectivity index is 0.00000338. The Morgan fingerprint density at radius 1 is 1.00 bits per heavy atom. The van der Waals surface area contributed by atoms with Crippen LogP contribution in [0.5, 0.6) is 0 Å². The number of aliphatic imine (C=N–C) groups is 1. The first-order valence-electron chi connectivity index (χ1n) is 7.50. The lowest BCUT2D eigenvalue weighted by Crippen LogP contribution is -2.36. The largest absolute Gasteiger partial charge is 0.434 e. The van der Waals surface area contributed by atoms with Crippen LogP contribution >= 0.6 is 46.7 Å². The number of alkyl halides is 3. The number of halogens is 4. The summed E-state index contributed by atoms with van der Waals surface area (Å²) < 4.78 is 37.6. The van der Waals surface area contributed by atoms with Gasteiger partial charge in [-0.25, -0.2) is 9.97 Å². The quantitative estimate of drug-likeness (QED) is 0.357. The molecule has 0 amide bonds. The molecule has 2 N–H and O–H groups in total. The molecule has 0 aliphatic carbocycles. The van der Waals surface area contributed by atoms with Gasteiger partial charge in [0.15, 0.2) is 11.7 Å². The van der Waals surface area contributed by atoms with Crippen molar-refractivity contribution in [1.82, 2.24) is 20.6 Å². The number of guanidine groups is 1. The van der Waals surface area contributed by atoms with Crippen LogP contribution in [0.15, 0.2) is 15.8 Å². The highest BCUT2D eigenvalue weighted by molar-refractivity contribution is 14.0. The molecule has 2 aromatic rings. The molecule has 0 aliphatic rings. The van der Waals surface area contributed by atoms with Gasteiger partial charge in [-0.3, -0.25) is 4.99 Å². The fourth-order valence-electron chi connectivity index (χ4n) is 1.80. The van der Waals surface area contributed by atoms with E-state index in [0.29, 0.717) is 17.5 Å². The van der Waals surface area contributed by atoms with Gasteiger partial charge in [-0.2, -0.15) is 13.2 Å². The topological polar surface area (TPSA) is 62.2 Å². The predicted molar refractivity (Wildman–Crippen MR) is 110 cm³/mol. The zero-order valence-corrected chi connectivity index (χ0v) is 18.7. The molecule has 26 heavy (non-hydrogen) atoms. The molecule has 0 spiro atoms. The van der Waals surface area contributed by atoms with E-state index in [-0.39, 0.29) is 35.9 Å². The first kappa shape index (κ1) is 23.1. The van der Waals surface area contributed by atoms with Crippen LogP contribution < -0.4 is 10.6 Å². The summed E-state index contributed by atoms with van der Waals surface area (Å²) in [6, 6.07) is 0. The Bertz CT molecular complexity index is 676. The third-order valence-corrected chi connectivity index (χ3v) is 4.90. The van der Waals surface area contributed by atoms with E-state index in [1.54, 1.807) is 18.4 Å². The van der Waals surface area contributed by atoms with Crippen LogP contribution in [0.2, 0.25) is 0 Å². The number of nitrogens with zero attached hydrogens (tertiary/aromatic N) is 3. The molecule has 0 aromatic carbocycles. The number of nitrogens with one attached hydrogen (secondary N) is 2. The molecular weight excluding hydrogens is 498 g/mol. The van der Waals surface area contributed by atoms with E-state index in [0.717, 1.165) is 27.4 Å². The molecule has 0 fully saturated rings. The molecule has 11 heteroatoms. The lowest BCUT2D eigenvalue weighted by atomic mass is 9.93. The SMILES string of the molecule is CN=C(NCc1nc(C(C)(C)C)cs1)NCc1nc(C(F)(F)F)cs1.I. The van der Waals surface area contributed by atoms with Gasteiger partial charge in [0.2, 0.25) is 0 Å². The molecule has 0 atom stereocenters. The number of thiazole rings is 2. The third-order valence-electron chi connectivity index (χ3n) is 3.20. The Morgan fingerprint density at radius 3 is 1.81 bits per heavy atom. The molecule has 0 saturated carbocycles. The molecule has 2 heterocycles. The molecule has 0 unspecified atom stereocenters. The van der Waals surface area contributed by atoms with Gasteiger partial charge in [0, 0.05) is 23.2 Å². The normalized spacial score (nSPS) is 12.7. The summed E-state index contributed by atoms with van der Waals surface area (Å²) in [5.74, 6) is 0.483. The molecule has 2 aromatic heterocycles. The minimum atomic E-state index is -4.41. The van der Waals surface area contributed by atoms with Crippen LogP contribution in [0.25, 0.3) is 0 Å².